The van der Waals surface area contributed by atoms with Crippen LogP contribution in [0.1, 0.15) is 50.5 Å². The number of nitrogens with two attached hydrogens (primary N) is 1. The van der Waals surface area contributed by atoms with Crippen LogP contribution in [0.2, 0.25) is 5.02 Å². The van der Waals surface area contributed by atoms with Gasteiger partial charge < -0.3 is 10.5 Å². The smallest absolute Gasteiger partial charge is 0.138 e. The Morgan fingerprint density at radius 1 is 1.21 bits per heavy atom. The van der Waals surface area contributed by atoms with Crippen molar-refractivity contribution in [3.8, 4) is 5.75 Å². The fraction of sp³-hybridized carbons (Fsp3) is 0.625. The maximum atomic E-state index is 6.58. The molecule has 1 aromatic carbocycles. The van der Waals surface area contributed by atoms with Gasteiger partial charge in [-0.3, -0.25) is 0 Å². The molecule has 19 heavy (non-hydrogen) atoms. The third-order valence-electron chi connectivity index (χ3n) is 4.42. The van der Waals surface area contributed by atoms with E-state index in [-0.39, 0.29) is 5.54 Å². The van der Waals surface area contributed by atoms with Gasteiger partial charge in [0.15, 0.2) is 0 Å². The molecule has 0 aromatic heterocycles. The Bertz CT molecular complexity index is 450. The Labute approximate surface area is 120 Å². The summed E-state index contributed by atoms with van der Waals surface area (Å²) < 4.78 is 5.85. The van der Waals surface area contributed by atoms with Gasteiger partial charge in [0.25, 0.3) is 0 Å². The molecule has 0 saturated heterocycles. The zero-order chi connectivity index (χ0) is 13.3. The largest absolute Gasteiger partial charge is 0.492 e. The summed E-state index contributed by atoms with van der Waals surface area (Å²) >= 11 is 6.53. The lowest BCUT2D eigenvalue weighted by atomic mass is 9.77. The first-order valence-corrected chi connectivity index (χ1v) is 7.77. The van der Waals surface area contributed by atoms with Crippen molar-refractivity contribution in [1.29, 1.82) is 0 Å². The standard InChI is InChI=1S/C16H22ClNO/c17-15-13(16(18)9-2-1-3-10-16)5-4-6-14(15)19-11-12-7-8-12/h4-6,12H,1-3,7-11,18H2. The van der Waals surface area contributed by atoms with Gasteiger partial charge in [-0.05, 0) is 43.2 Å². The summed E-state index contributed by atoms with van der Waals surface area (Å²) in [6.07, 6.45) is 8.31. The summed E-state index contributed by atoms with van der Waals surface area (Å²) in [6.45, 7) is 0.792. The van der Waals surface area contributed by atoms with E-state index in [4.69, 9.17) is 22.1 Å². The van der Waals surface area contributed by atoms with Gasteiger partial charge in [0.05, 0.1) is 11.6 Å². The summed E-state index contributed by atoms with van der Waals surface area (Å²) in [6, 6.07) is 6.05. The Morgan fingerprint density at radius 2 is 1.95 bits per heavy atom. The van der Waals surface area contributed by atoms with Gasteiger partial charge in [-0.15, -0.1) is 0 Å². The molecule has 2 aliphatic carbocycles. The Balaban J connectivity index is 1.81. The van der Waals surface area contributed by atoms with Crippen molar-refractivity contribution in [2.75, 3.05) is 6.61 Å². The second-order valence-corrected chi connectivity index (χ2v) is 6.47. The Morgan fingerprint density at radius 3 is 2.63 bits per heavy atom. The van der Waals surface area contributed by atoms with E-state index in [0.29, 0.717) is 0 Å². The lowest BCUT2D eigenvalue weighted by Crippen LogP contribution is -2.38. The average molecular weight is 280 g/mol. The highest BCUT2D eigenvalue weighted by Gasteiger charge is 2.32. The average Bonchev–Trinajstić information content (AvgIpc) is 3.22. The topological polar surface area (TPSA) is 35.2 Å². The van der Waals surface area contributed by atoms with Crippen LogP contribution >= 0.6 is 11.6 Å². The molecule has 104 valence electrons. The van der Waals surface area contributed by atoms with Crippen LogP contribution in [0.3, 0.4) is 0 Å². The summed E-state index contributed by atoms with van der Waals surface area (Å²) in [4.78, 5) is 0. The van der Waals surface area contributed by atoms with E-state index >= 15 is 0 Å². The molecule has 0 heterocycles. The molecule has 2 aliphatic rings. The van der Waals surface area contributed by atoms with Crippen LogP contribution < -0.4 is 10.5 Å². The van der Waals surface area contributed by atoms with Crippen LogP contribution in [0.15, 0.2) is 18.2 Å². The summed E-state index contributed by atoms with van der Waals surface area (Å²) in [5, 5.41) is 0.729. The highest BCUT2D eigenvalue weighted by Crippen LogP contribution is 2.41. The van der Waals surface area contributed by atoms with Gasteiger partial charge in [0.2, 0.25) is 0 Å². The maximum Gasteiger partial charge on any atom is 0.138 e. The molecule has 2 N–H and O–H groups in total. The van der Waals surface area contributed by atoms with Gasteiger partial charge in [0, 0.05) is 5.54 Å². The second-order valence-electron chi connectivity index (χ2n) is 6.09. The lowest BCUT2D eigenvalue weighted by molar-refractivity contribution is 0.289. The second kappa shape index (κ2) is 5.34. The fourth-order valence-corrected chi connectivity index (χ4v) is 3.32. The van der Waals surface area contributed by atoms with Crippen molar-refractivity contribution in [3.63, 3.8) is 0 Å². The summed E-state index contributed by atoms with van der Waals surface area (Å²) in [7, 11) is 0. The van der Waals surface area contributed by atoms with Crippen molar-refractivity contribution < 1.29 is 4.74 Å². The van der Waals surface area contributed by atoms with Crippen molar-refractivity contribution in [1.82, 2.24) is 0 Å². The number of halogens is 1. The van der Waals surface area contributed by atoms with Gasteiger partial charge in [-0.1, -0.05) is 43.0 Å². The third-order valence-corrected chi connectivity index (χ3v) is 4.81. The molecule has 2 saturated carbocycles. The van der Waals surface area contributed by atoms with E-state index in [1.54, 1.807) is 0 Å². The van der Waals surface area contributed by atoms with Gasteiger partial charge in [-0.2, -0.15) is 0 Å². The molecule has 0 aliphatic heterocycles. The zero-order valence-electron chi connectivity index (χ0n) is 11.3. The normalized spacial score (nSPS) is 22.2. The van der Waals surface area contributed by atoms with Gasteiger partial charge >= 0.3 is 0 Å². The van der Waals surface area contributed by atoms with Crippen molar-refractivity contribution >= 4 is 11.6 Å². The molecular weight excluding hydrogens is 258 g/mol. The van der Waals surface area contributed by atoms with Crippen LogP contribution in [0.25, 0.3) is 0 Å². The molecule has 1 aromatic rings. The van der Waals surface area contributed by atoms with Crippen LogP contribution in [0.4, 0.5) is 0 Å². The van der Waals surface area contributed by atoms with Crippen LogP contribution in [0, 0.1) is 5.92 Å². The van der Waals surface area contributed by atoms with Gasteiger partial charge in [-0.25, -0.2) is 0 Å². The zero-order valence-corrected chi connectivity index (χ0v) is 12.1. The third kappa shape index (κ3) is 2.90. The van der Waals surface area contributed by atoms with E-state index < -0.39 is 0 Å². The number of ether oxygens (including phenoxy) is 1. The predicted molar refractivity (Wildman–Crippen MR) is 78.6 cm³/mol. The summed E-state index contributed by atoms with van der Waals surface area (Å²) in [5.74, 6) is 1.54. The summed E-state index contributed by atoms with van der Waals surface area (Å²) in [5.41, 5.74) is 7.39. The highest BCUT2D eigenvalue weighted by molar-refractivity contribution is 6.33. The lowest BCUT2D eigenvalue weighted by Gasteiger charge is -2.34. The molecule has 0 bridgehead atoms. The van der Waals surface area contributed by atoms with E-state index in [1.807, 2.05) is 12.1 Å². The number of rotatable bonds is 4. The molecule has 0 radical (unpaired) electrons. The minimum atomic E-state index is -0.256. The van der Waals surface area contributed by atoms with E-state index in [0.717, 1.165) is 41.7 Å². The first kappa shape index (κ1) is 13.3. The highest BCUT2D eigenvalue weighted by atomic mass is 35.5. The molecule has 2 fully saturated rings. The van der Waals surface area contributed by atoms with Crippen LogP contribution in [-0.2, 0) is 5.54 Å². The van der Waals surface area contributed by atoms with Gasteiger partial charge in [0.1, 0.15) is 5.75 Å². The fourth-order valence-electron chi connectivity index (χ4n) is 2.95. The first-order valence-electron chi connectivity index (χ1n) is 7.40. The SMILES string of the molecule is NC1(c2cccc(OCC3CC3)c2Cl)CCCCC1. The first-order chi connectivity index (χ1) is 9.19. The van der Waals surface area contributed by atoms with Crippen LogP contribution in [0.5, 0.6) is 5.75 Å². The van der Waals surface area contributed by atoms with Crippen molar-refractivity contribution in [2.24, 2.45) is 11.7 Å². The maximum absolute atomic E-state index is 6.58. The van der Waals surface area contributed by atoms with E-state index in [2.05, 4.69) is 6.07 Å². The molecule has 3 rings (SSSR count). The quantitative estimate of drug-likeness (QED) is 0.894. The molecule has 2 nitrogen and oxygen atoms in total. The van der Waals surface area contributed by atoms with E-state index in [1.165, 1.54) is 32.1 Å². The van der Waals surface area contributed by atoms with Crippen molar-refractivity contribution in [2.45, 2.75) is 50.5 Å². The molecule has 0 amide bonds. The molecule has 0 unspecified atom stereocenters. The minimum absolute atomic E-state index is 0.256. The molecule has 3 heteroatoms. The molecule has 0 atom stereocenters. The van der Waals surface area contributed by atoms with Crippen molar-refractivity contribution in [3.05, 3.63) is 28.8 Å². The Hall–Kier alpha value is -0.730. The van der Waals surface area contributed by atoms with Crippen LogP contribution in [-0.4, -0.2) is 6.61 Å². The van der Waals surface area contributed by atoms with E-state index in [9.17, 15) is 0 Å². The monoisotopic (exact) mass is 279 g/mol. The minimum Gasteiger partial charge on any atom is -0.492 e. The molecular formula is C16H22ClNO. The number of hydrogen-bond donors (Lipinski definition) is 1. The Kier molecular flexibility index (Phi) is 3.72. The molecule has 0 spiro atoms. The predicted octanol–water partition coefficient (Wildman–Crippen LogP) is 4.25. The number of benzene rings is 1. The number of hydrogen-bond acceptors (Lipinski definition) is 2.